The van der Waals surface area contributed by atoms with Gasteiger partial charge in [0.15, 0.2) is 17.0 Å². The van der Waals surface area contributed by atoms with Crippen molar-refractivity contribution >= 4 is 33.9 Å². The van der Waals surface area contributed by atoms with Crippen LogP contribution in [0.3, 0.4) is 0 Å². The molecular weight excluding hydrogens is 340 g/mol. The molecule has 8 heteroatoms. The summed E-state index contributed by atoms with van der Waals surface area (Å²) in [5.41, 5.74) is 0.337. The van der Waals surface area contributed by atoms with Crippen LogP contribution in [0.15, 0.2) is 27.5 Å². The van der Waals surface area contributed by atoms with Gasteiger partial charge in [-0.15, -0.1) is 0 Å². The molecule has 134 valence electrons. The fourth-order valence-electron chi connectivity index (χ4n) is 3.40. The smallest absolute Gasteiger partial charge is 0.362 e. The maximum Gasteiger partial charge on any atom is 0.362 e. The van der Waals surface area contributed by atoms with Crippen molar-refractivity contribution in [1.82, 2.24) is 4.40 Å². The highest BCUT2D eigenvalue weighted by Gasteiger charge is 2.35. The van der Waals surface area contributed by atoms with E-state index < -0.39 is 5.63 Å². The normalized spacial score (nSPS) is 14.7. The molecule has 0 saturated carbocycles. The number of carbonyl (C=O) groups is 2. The van der Waals surface area contributed by atoms with Crippen LogP contribution in [0.25, 0.3) is 16.4 Å². The summed E-state index contributed by atoms with van der Waals surface area (Å²) in [5, 5.41) is 0.532. The van der Waals surface area contributed by atoms with Crippen molar-refractivity contribution in [3.05, 3.63) is 34.5 Å². The van der Waals surface area contributed by atoms with Gasteiger partial charge in [-0.1, -0.05) is 0 Å². The average molecular weight is 356 g/mol. The monoisotopic (exact) mass is 356 g/mol. The molecule has 1 aliphatic rings. The lowest BCUT2D eigenvalue weighted by molar-refractivity contribution is -0.121. The number of carbonyl (C=O) groups excluding carboxylic acids is 2. The van der Waals surface area contributed by atoms with Crippen LogP contribution in [-0.4, -0.2) is 30.4 Å². The number of benzene rings is 1. The molecule has 4 rings (SSSR count). The highest BCUT2D eigenvalue weighted by atomic mass is 16.5. The number of anilines is 1. The quantitative estimate of drug-likeness (QED) is 0.667. The molecule has 2 amide bonds. The Kier molecular flexibility index (Phi) is 3.50. The summed E-state index contributed by atoms with van der Waals surface area (Å²) >= 11 is 0. The second-order valence-electron chi connectivity index (χ2n) is 6.04. The number of hydrogen-bond acceptors (Lipinski definition) is 6. The molecule has 26 heavy (non-hydrogen) atoms. The average Bonchev–Trinajstić information content (AvgIpc) is 3.10. The number of fused-ring (bicyclic) bond motifs is 3. The van der Waals surface area contributed by atoms with E-state index in [1.807, 2.05) is 0 Å². The van der Waals surface area contributed by atoms with Crippen LogP contribution in [0, 0.1) is 6.92 Å². The van der Waals surface area contributed by atoms with Gasteiger partial charge in [0.1, 0.15) is 5.76 Å². The number of ether oxygens (including phenoxy) is 2. The lowest BCUT2D eigenvalue weighted by Crippen LogP contribution is -2.29. The molecule has 2 aromatic heterocycles. The van der Waals surface area contributed by atoms with Crippen LogP contribution in [-0.2, 0) is 9.59 Å². The van der Waals surface area contributed by atoms with E-state index in [4.69, 9.17) is 13.9 Å². The minimum Gasteiger partial charge on any atom is -0.493 e. The largest absolute Gasteiger partial charge is 0.493 e. The van der Waals surface area contributed by atoms with Crippen LogP contribution in [0.5, 0.6) is 11.5 Å². The molecule has 0 radical (unpaired) electrons. The van der Waals surface area contributed by atoms with Crippen LogP contribution in [0.1, 0.15) is 18.6 Å². The molecule has 3 aromatic rings. The van der Waals surface area contributed by atoms with Gasteiger partial charge in [0, 0.05) is 30.5 Å². The first-order valence-electron chi connectivity index (χ1n) is 8.02. The summed E-state index contributed by atoms with van der Waals surface area (Å²) in [6, 6.07) is 3.36. The molecule has 0 atom stereocenters. The van der Waals surface area contributed by atoms with E-state index in [-0.39, 0.29) is 35.9 Å². The van der Waals surface area contributed by atoms with E-state index >= 15 is 0 Å². The summed E-state index contributed by atoms with van der Waals surface area (Å²) in [4.78, 5) is 38.3. The van der Waals surface area contributed by atoms with Crippen molar-refractivity contribution in [3.63, 3.8) is 0 Å². The Morgan fingerprint density at radius 2 is 1.62 bits per heavy atom. The van der Waals surface area contributed by atoms with Gasteiger partial charge in [0.25, 0.3) is 0 Å². The number of methoxy groups -OCH3 is 2. The third-order valence-electron chi connectivity index (χ3n) is 4.51. The van der Waals surface area contributed by atoms with Crippen molar-refractivity contribution in [2.75, 3.05) is 19.1 Å². The van der Waals surface area contributed by atoms with E-state index in [0.29, 0.717) is 28.2 Å². The first-order valence-corrected chi connectivity index (χ1v) is 8.02. The van der Waals surface area contributed by atoms with E-state index in [2.05, 4.69) is 0 Å². The lowest BCUT2D eigenvalue weighted by atomic mass is 10.2. The van der Waals surface area contributed by atoms with E-state index in [0.717, 1.165) is 4.90 Å². The number of hydrogen-bond donors (Lipinski definition) is 0. The number of aromatic nitrogens is 1. The summed E-state index contributed by atoms with van der Waals surface area (Å²) < 4.78 is 17.5. The molecule has 1 aliphatic heterocycles. The Bertz CT molecular complexity index is 1120. The molecule has 1 saturated heterocycles. The van der Waals surface area contributed by atoms with Gasteiger partial charge in [0.2, 0.25) is 11.8 Å². The highest BCUT2D eigenvalue weighted by molar-refractivity contribution is 6.26. The SMILES string of the molecule is COc1cc2c(N3C(=O)CCC3=O)c3c(=O)oc(C)cn3c2cc1OC. The molecule has 3 heterocycles. The molecular formula is C18H16N2O6. The maximum atomic E-state index is 12.6. The Hall–Kier alpha value is -3.29. The molecule has 1 fully saturated rings. The fraction of sp³-hybridized carbons (Fsp3) is 0.278. The van der Waals surface area contributed by atoms with Crippen LogP contribution in [0.2, 0.25) is 0 Å². The minimum absolute atomic E-state index is 0.113. The minimum atomic E-state index is -0.623. The van der Waals surface area contributed by atoms with E-state index in [9.17, 15) is 14.4 Å². The second kappa shape index (κ2) is 5.62. The topological polar surface area (TPSA) is 90.5 Å². The van der Waals surface area contributed by atoms with Gasteiger partial charge in [-0.3, -0.25) is 9.59 Å². The molecule has 0 aliphatic carbocycles. The third-order valence-corrected chi connectivity index (χ3v) is 4.51. The van der Waals surface area contributed by atoms with Gasteiger partial charge in [0.05, 0.1) is 25.4 Å². The Morgan fingerprint density at radius 1 is 1.00 bits per heavy atom. The molecule has 0 bridgehead atoms. The zero-order valence-corrected chi connectivity index (χ0v) is 14.5. The van der Waals surface area contributed by atoms with Crippen molar-refractivity contribution in [1.29, 1.82) is 0 Å². The molecule has 1 aromatic carbocycles. The van der Waals surface area contributed by atoms with Gasteiger partial charge in [-0.05, 0) is 13.0 Å². The second-order valence-corrected chi connectivity index (χ2v) is 6.04. The first kappa shape index (κ1) is 16.2. The summed E-state index contributed by atoms with van der Waals surface area (Å²) in [6.45, 7) is 1.65. The summed E-state index contributed by atoms with van der Waals surface area (Å²) in [5.74, 6) is 0.603. The Balaban J connectivity index is 2.22. The fourth-order valence-corrected chi connectivity index (χ4v) is 3.40. The third kappa shape index (κ3) is 2.11. The number of aryl methyl sites for hydroxylation is 1. The van der Waals surface area contributed by atoms with Gasteiger partial charge in [-0.25, -0.2) is 9.69 Å². The molecule has 8 nitrogen and oxygen atoms in total. The Morgan fingerprint density at radius 3 is 2.23 bits per heavy atom. The van der Waals surface area contributed by atoms with Crippen molar-refractivity contribution in [2.24, 2.45) is 0 Å². The van der Waals surface area contributed by atoms with Crippen molar-refractivity contribution in [3.8, 4) is 11.5 Å². The van der Waals surface area contributed by atoms with Gasteiger partial charge < -0.3 is 18.3 Å². The van der Waals surface area contributed by atoms with Crippen molar-refractivity contribution in [2.45, 2.75) is 19.8 Å². The molecule has 0 N–H and O–H groups in total. The molecule has 0 spiro atoms. The molecule has 0 unspecified atom stereocenters. The number of nitrogens with zero attached hydrogens (tertiary/aromatic N) is 2. The summed E-state index contributed by atoms with van der Waals surface area (Å²) in [7, 11) is 3.00. The Labute approximate surface area is 147 Å². The van der Waals surface area contributed by atoms with E-state index in [1.165, 1.54) is 14.2 Å². The summed E-state index contributed by atoms with van der Waals surface area (Å²) in [6.07, 6.45) is 1.86. The van der Waals surface area contributed by atoms with Crippen LogP contribution < -0.4 is 20.0 Å². The van der Waals surface area contributed by atoms with Crippen LogP contribution in [0.4, 0.5) is 5.69 Å². The number of rotatable bonds is 3. The first-order chi connectivity index (χ1) is 12.5. The predicted molar refractivity (Wildman–Crippen MR) is 93.0 cm³/mol. The van der Waals surface area contributed by atoms with Gasteiger partial charge >= 0.3 is 5.63 Å². The predicted octanol–water partition coefficient (Wildman–Crippen LogP) is 2.02. The highest BCUT2D eigenvalue weighted by Crippen LogP contribution is 2.41. The number of amides is 2. The zero-order valence-electron chi connectivity index (χ0n) is 14.5. The lowest BCUT2D eigenvalue weighted by Gasteiger charge is -2.14. The maximum absolute atomic E-state index is 12.6. The van der Waals surface area contributed by atoms with Gasteiger partial charge in [-0.2, -0.15) is 0 Å². The number of imide groups is 1. The van der Waals surface area contributed by atoms with E-state index in [1.54, 1.807) is 29.7 Å². The van der Waals surface area contributed by atoms with Crippen molar-refractivity contribution < 1.29 is 23.5 Å². The zero-order chi connectivity index (χ0) is 18.6. The standard InChI is InChI=1S/C18H16N2O6/c1-9-8-19-11-7-13(25-3)12(24-2)6-10(11)16(17(19)18(23)26-9)20-14(21)4-5-15(20)22/h6-8H,4-5H2,1-3H3. The van der Waals surface area contributed by atoms with Crippen LogP contribution >= 0.6 is 0 Å².